The van der Waals surface area contributed by atoms with Gasteiger partial charge in [-0.2, -0.15) is 5.10 Å². The van der Waals surface area contributed by atoms with Crippen molar-refractivity contribution in [2.45, 2.75) is 12.8 Å². The minimum absolute atomic E-state index is 0.0716. The first-order valence-corrected chi connectivity index (χ1v) is 13.0. The number of halogens is 2. The SMILES string of the molecule is COc1ccc(-c2ccn3nccc(Oc4ccc(NC(=O)C5(C(=O)Nc6ccc(F)cc6)CC5)cc4F)c23)cc1N. The molecule has 3 aromatic carbocycles. The molecule has 0 aliphatic heterocycles. The second-order valence-corrected chi connectivity index (χ2v) is 9.92. The number of carbonyl (C=O) groups excluding carboxylic acids is 2. The Morgan fingerprint density at radius 3 is 2.24 bits per heavy atom. The molecule has 0 unspecified atom stereocenters. The highest BCUT2D eigenvalue weighted by molar-refractivity contribution is 6.16. The zero-order chi connectivity index (χ0) is 29.4. The topological polar surface area (TPSA) is 120 Å². The van der Waals surface area contributed by atoms with Gasteiger partial charge in [-0.25, -0.2) is 13.3 Å². The fourth-order valence-electron chi connectivity index (χ4n) is 4.73. The molecule has 11 heteroatoms. The molecule has 0 atom stereocenters. The summed E-state index contributed by atoms with van der Waals surface area (Å²) in [5, 5.41) is 9.59. The van der Waals surface area contributed by atoms with Crippen LogP contribution in [0, 0.1) is 17.0 Å². The van der Waals surface area contributed by atoms with Gasteiger partial charge in [-0.1, -0.05) is 6.07 Å². The van der Waals surface area contributed by atoms with E-state index in [0.717, 1.165) is 17.2 Å². The predicted octanol–water partition coefficient (Wildman–Crippen LogP) is 6.02. The minimum atomic E-state index is -1.28. The number of nitrogens with zero attached hydrogens (tertiary/aromatic N) is 2. The molecule has 2 amide bonds. The summed E-state index contributed by atoms with van der Waals surface area (Å²) in [5.41, 5.74) is 8.00. The van der Waals surface area contributed by atoms with Crippen LogP contribution in [0.3, 0.4) is 0 Å². The number of amides is 2. The van der Waals surface area contributed by atoms with Gasteiger partial charge in [-0.05, 0) is 73.0 Å². The van der Waals surface area contributed by atoms with Crippen molar-refractivity contribution in [2.24, 2.45) is 5.41 Å². The Balaban J connectivity index is 1.20. The fraction of sp³-hybridized carbons (Fsp3) is 0.129. The lowest BCUT2D eigenvalue weighted by Crippen LogP contribution is -2.35. The van der Waals surface area contributed by atoms with E-state index >= 15 is 4.39 Å². The van der Waals surface area contributed by atoms with Crippen LogP contribution in [-0.4, -0.2) is 28.5 Å². The summed E-state index contributed by atoms with van der Waals surface area (Å²) in [6.45, 7) is 0. The Morgan fingerprint density at radius 1 is 0.881 bits per heavy atom. The summed E-state index contributed by atoms with van der Waals surface area (Å²) >= 11 is 0. The Labute approximate surface area is 238 Å². The number of nitrogens with one attached hydrogen (secondary N) is 2. The van der Waals surface area contributed by atoms with Gasteiger partial charge < -0.3 is 25.8 Å². The maximum Gasteiger partial charge on any atom is 0.240 e. The smallest absolute Gasteiger partial charge is 0.240 e. The molecule has 1 aliphatic rings. The van der Waals surface area contributed by atoms with Crippen LogP contribution in [-0.2, 0) is 9.59 Å². The first-order chi connectivity index (χ1) is 20.3. The molecule has 212 valence electrons. The van der Waals surface area contributed by atoms with Crippen LogP contribution < -0.4 is 25.8 Å². The van der Waals surface area contributed by atoms with Gasteiger partial charge in [0, 0.05) is 35.3 Å². The largest absolute Gasteiger partial charge is 0.495 e. The molecule has 1 aliphatic carbocycles. The number of carbonyl (C=O) groups is 2. The summed E-state index contributed by atoms with van der Waals surface area (Å²) in [7, 11) is 1.54. The van der Waals surface area contributed by atoms with Gasteiger partial charge >= 0.3 is 0 Å². The number of aromatic nitrogens is 2. The van der Waals surface area contributed by atoms with E-state index in [2.05, 4.69) is 15.7 Å². The minimum Gasteiger partial charge on any atom is -0.495 e. The highest BCUT2D eigenvalue weighted by Gasteiger charge is 2.56. The Kier molecular flexibility index (Phi) is 6.69. The number of benzene rings is 3. The number of anilines is 3. The van der Waals surface area contributed by atoms with Gasteiger partial charge in [0.25, 0.3) is 0 Å². The molecule has 2 heterocycles. The number of fused-ring (bicyclic) bond motifs is 1. The van der Waals surface area contributed by atoms with E-state index in [4.69, 9.17) is 15.2 Å². The zero-order valence-corrected chi connectivity index (χ0v) is 22.4. The molecule has 4 N–H and O–H groups in total. The molecule has 1 fully saturated rings. The van der Waals surface area contributed by atoms with Gasteiger partial charge in [0.15, 0.2) is 17.3 Å². The van der Waals surface area contributed by atoms with Crippen LogP contribution in [0.4, 0.5) is 25.8 Å². The highest BCUT2D eigenvalue weighted by atomic mass is 19.1. The van der Waals surface area contributed by atoms with E-state index in [1.165, 1.54) is 49.7 Å². The van der Waals surface area contributed by atoms with Crippen LogP contribution in [0.25, 0.3) is 16.6 Å². The lowest BCUT2D eigenvalue weighted by Gasteiger charge is -2.16. The van der Waals surface area contributed by atoms with Crippen molar-refractivity contribution in [3.63, 3.8) is 0 Å². The fourth-order valence-corrected chi connectivity index (χ4v) is 4.73. The molecule has 0 radical (unpaired) electrons. The van der Waals surface area contributed by atoms with E-state index in [-0.39, 0.29) is 11.4 Å². The maximum absolute atomic E-state index is 15.2. The molecule has 1 saturated carbocycles. The number of hydrogen-bond acceptors (Lipinski definition) is 6. The average Bonchev–Trinajstić information content (AvgIpc) is 3.69. The molecular weight excluding hydrogens is 544 g/mol. The maximum atomic E-state index is 15.2. The van der Waals surface area contributed by atoms with Crippen molar-refractivity contribution < 1.29 is 27.8 Å². The summed E-state index contributed by atoms with van der Waals surface area (Å²) in [4.78, 5) is 25.8. The van der Waals surface area contributed by atoms with Crippen molar-refractivity contribution >= 4 is 34.4 Å². The van der Waals surface area contributed by atoms with Crippen molar-refractivity contribution in [1.29, 1.82) is 0 Å². The van der Waals surface area contributed by atoms with E-state index < -0.39 is 28.9 Å². The van der Waals surface area contributed by atoms with E-state index in [9.17, 15) is 14.0 Å². The third-order valence-corrected chi connectivity index (χ3v) is 7.19. The second-order valence-electron chi connectivity index (χ2n) is 9.92. The van der Waals surface area contributed by atoms with Gasteiger partial charge in [-0.3, -0.25) is 9.59 Å². The third-order valence-electron chi connectivity index (χ3n) is 7.19. The van der Waals surface area contributed by atoms with Crippen LogP contribution in [0.2, 0.25) is 0 Å². The van der Waals surface area contributed by atoms with Crippen molar-refractivity contribution in [3.8, 4) is 28.4 Å². The van der Waals surface area contributed by atoms with Crippen molar-refractivity contribution in [3.05, 3.63) is 96.8 Å². The van der Waals surface area contributed by atoms with E-state index in [0.29, 0.717) is 41.2 Å². The first-order valence-electron chi connectivity index (χ1n) is 13.0. The first kappa shape index (κ1) is 26.8. The molecule has 9 nitrogen and oxygen atoms in total. The highest BCUT2D eigenvalue weighted by Crippen LogP contribution is 2.47. The Bertz CT molecular complexity index is 1830. The molecule has 0 spiro atoms. The number of nitrogen functional groups attached to an aromatic ring is 1. The molecule has 0 bridgehead atoms. The third kappa shape index (κ3) is 4.96. The molecule has 5 aromatic rings. The standard InChI is InChI=1S/C31H25F2N5O4/c1-41-26-8-2-18(16-24(26)34)22-11-15-38-28(22)27(10-14-35-38)42-25-9-7-21(17-23(25)33)37-30(40)31(12-13-31)29(39)36-20-5-3-19(32)4-6-20/h2-11,14-17H,12-13,34H2,1H3,(H,36,39)(H,37,40). The Hall–Kier alpha value is -5.45. The van der Waals surface area contributed by atoms with Crippen LogP contribution in [0.15, 0.2) is 85.2 Å². The number of hydrogen-bond donors (Lipinski definition) is 3. The van der Waals surface area contributed by atoms with Gasteiger partial charge in [0.2, 0.25) is 11.8 Å². The quantitative estimate of drug-likeness (QED) is 0.155. The number of rotatable bonds is 8. The van der Waals surface area contributed by atoms with Crippen molar-refractivity contribution in [1.82, 2.24) is 9.61 Å². The lowest BCUT2D eigenvalue weighted by atomic mass is 10.0. The van der Waals surface area contributed by atoms with Gasteiger partial charge in [0.05, 0.1) is 19.0 Å². The monoisotopic (exact) mass is 569 g/mol. The number of ether oxygens (including phenoxy) is 2. The number of nitrogens with two attached hydrogens (primary N) is 1. The summed E-state index contributed by atoms with van der Waals surface area (Å²) in [5.74, 6) is -1.39. The molecule has 0 saturated heterocycles. The molecular formula is C31H25F2N5O4. The van der Waals surface area contributed by atoms with Crippen LogP contribution in [0.5, 0.6) is 17.2 Å². The molecule has 6 rings (SSSR count). The molecule has 42 heavy (non-hydrogen) atoms. The summed E-state index contributed by atoms with van der Waals surface area (Å²) < 4.78 is 41.2. The Morgan fingerprint density at radius 2 is 1.57 bits per heavy atom. The predicted molar refractivity (Wildman–Crippen MR) is 153 cm³/mol. The summed E-state index contributed by atoms with van der Waals surface area (Å²) in [6, 6.07) is 18.1. The van der Waals surface area contributed by atoms with E-state index in [1.807, 2.05) is 12.1 Å². The van der Waals surface area contributed by atoms with Gasteiger partial charge in [-0.15, -0.1) is 0 Å². The second kappa shape index (κ2) is 10.5. The van der Waals surface area contributed by atoms with E-state index in [1.54, 1.807) is 28.9 Å². The van der Waals surface area contributed by atoms with Crippen LogP contribution in [0.1, 0.15) is 12.8 Å². The normalized spacial score (nSPS) is 13.4. The van der Waals surface area contributed by atoms with Gasteiger partial charge in [0.1, 0.15) is 22.5 Å². The lowest BCUT2D eigenvalue weighted by molar-refractivity contribution is -0.131. The zero-order valence-electron chi connectivity index (χ0n) is 22.4. The number of methoxy groups -OCH3 is 1. The summed E-state index contributed by atoms with van der Waals surface area (Å²) in [6.07, 6.45) is 3.97. The molecule has 2 aromatic heterocycles. The van der Waals surface area contributed by atoms with Crippen LogP contribution >= 0.6 is 0 Å². The average molecular weight is 570 g/mol. The van der Waals surface area contributed by atoms with Crippen molar-refractivity contribution in [2.75, 3.05) is 23.5 Å².